The van der Waals surface area contributed by atoms with Crippen molar-refractivity contribution in [3.63, 3.8) is 0 Å². The van der Waals surface area contributed by atoms with Gasteiger partial charge in [-0.3, -0.25) is 4.79 Å². The highest BCUT2D eigenvalue weighted by Crippen LogP contribution is 2.30. The highest BCUT2D eigenvalue weighted by atomic mass is 79.9. The molecule has 0 saturated heterocycles. The van der Waals surface area contributed by atoms with Crippen molar-refractivity contribution in [3.8, 4) is 0 Å². The Hall–Kier alpha value is -2.31. The Morgan fingerprint density at radius 3 is 2.91 bits per heavy atom. The molecule has 3 aromatic rings. The average molecular weight is 499 g/mol. The molecule has 1 fully saturated rings. The van der Waals surface area contributed by atoms with Crippen molar-refractivity contribution >= 4 is 32.7 Å². The smallest absolute Gasteiger partial charge is 0.188 e. The van der Waals surface area contributed by atoms with Crippen LogP contribution in [0.25, 0.3) is 11.0 Å². The van der Waals surface area contributed by atoms with Gasteiger partial charge in [-0.2, -0.15) is 0 Å². The molecule has 4 nitrogen and oxygen atoms in total. The number of halogens is 2. The summed E-state index contributed by atoms with van der Waals surface area (Å²) in [6.45, 7) is 7.01. The molecule has 0 N–H and O–H groups in total. The Morgan fingerprint density at radius 2 is 2.19 bits per heavy atom. The van der Waals surface area contributed by atoms with Gasteiger partial charge in [-0.15, -0.1) is 6.58 Å². The molecule has 32 heavy (non-hydrogen) atoms. The molecule has 6 heteroatoms. The summed E-state index contributed by atoms with van der Waals surface area (Å²) < 4.78 is 24.3. The molecule has 1 saturated carbocycles. The van der Waals surface area contributed by atoms with E-state index in [1.54, 1.807) is 12.4 Å². The third-order valence-corrected chi connectivity index (χ3v) is 6.51. The number of ether oxygens (including phenoxy) is 1. The predicted octanol–water partition coefficient (Wildman–Crippen LogP) is 6.41. The Labute approximate surface area is 196 Å². The zero-order valence-electron chi connectivity index (χ0n) is 18.4. The molecule has 0 radical (unpaired) electrons. The van der Waals surface area contributed by atoms with Crippen molar-refractivity contribution in [1.29, 1.82) is 0 Å². The first-order valence-corrected chi connectivity index (χ1v) is 11.9. The first-order chi connectivity index (χ1) is 15.5. The van der Waals surface area contributed by atoms with Crippen LogP contribution in [0.2, 0.25) is 0 Å². The minimum atomic E-state index is -0.419. The summed E-state index contributed by atoms with van der Waals surface area (Å²) in [6.07, 6.45) is 7.91. The van der Waals surface area contributed by atoms with Gasteiger partial charge in [0.1, 0.15) is 12.1 Å². The summed E-state index contributed by atoms with van der Waals surface area (Å²) in [7, 11) is 0. The van der Waals surface area contributed by atoms with Crippen molar-refractivity contribution in [2.45, 2.75) is 45.6 Å². The molecule has 0 aliphatic heterocycles. The zero-order valence-corrected chi connectivity index (χ0v) is 20.0. The predicted molar refractivity (Wildman–Crippen MR) is 129 cm³/mol. The van der Waals surface area contributed by atoms with E-state index in [9.17, 15) is 4.79 Å². The SMILES string of the molecule is C=CCCCn1cnc2c(F)c(Cc3ccc(Br)cc3C)c(C(=O)COCC3CC3)cc21. The van der Waals surface area contributed by atoms with E-state index in [-0.39, 0.29) is 12.4 Å². The third kappa shape index (κ3) is 5.18. The van der Waals surface area contributed by atoms with Gasteiger partial charge in [0, 0.05) is 28.6 Å². The second kappa shape index (κ2) is 10.1. The van der Waals surface area contributed by atoms with E-state index in [1.165, 1.54) is 0 Å². The van der Waals surface area contributed by atoms with Crippen molar-refractivity contribution in [2.75, 3.05) is 13.2 Å². The lowest BCUT2D eigenvalue weighted by Gasteiger charge is -2.14. The van der Waals surface area contributed by atoms with Crippen LogP contribution < -0.4 is 0 Å². The lowest BCUT2D eigenvalue weighted by Crippen LogP contribution is -2.15. The third-order valence-electron chi connectivity index (χ3n) is 6.02. The van der Waals surface area contributed by atoms with Crippen LogP contribution in [0.4, 0.5) is 4.39 Å². The molecule has 1 heterocycles. The summed E-state index contributed by atoms with van der Waals surface area (Å²) in [4.78, 5) is 17.5. The molecule has 1 aromatic heterocycles. The summed E-state index contributed by atoms with van der Waals surface area (Å²) >= 11 is 3.48. The second-order valence-corrected chi connectivity index (χ2v) is 9.50. The highest BCUT2D eigenvalue weighted by molar-refractivity contribution is 9.10. The van der Waals surface area contributed by atoms with Gasteiger partial charge in [0.2, 0.25) is 0 Å². The van der Waals surface area contributed by atoms with Gasteiger partial charge in [-0.1, -0.05) is 28.1 Å². The quantitative estimate of drug-likeness (QED) is 0.174. The minimum Gasteiger partial charge on any atom is -0.373 e. The van der Waals surface area contributed by atoms with Crippen molar-refractivity contribution in [3.05, 3.63) is 75.8 Å². The van der Waals surface area contributed by atoms with Crippen LogP contribution in [-0.4, -0.2) is 28.5 Å². The van der Waals surface area contributed by atoms with Crippen molar-refractivity contribution in [1.82, 2.24) is 9.55 Å². The topological polar surface area (TPSA) is 44.1 Å². The number of Topliss-reactive ketones (excluding diaryl/α,β-unsaturated/α-hetero) is 1. The van der Waals surface area contributed by atoms with Gasteiger partial charge in [0.05, 0.1) is 18.5 Å². The molecule has 1 aliphatic rings. The summed E-state index contributed by atoms with van der Waals surface area (Å²) in [5.74, 6) is -0.0360. The molecule has 0 atom stereocenters. The number of ketones is 1. The first-order valence-electron chi connectivity index (χ1n) is 11.1. The number of rotatable bonds is 11. The number of benzene rings is 2. The second-order valence-electron chi connectivity index (χ2n) is 8.58. The Balaban J connectivity index is 1.71. The van der Waals surface area contributed by atoms with Gasteiger partial charge in [-0.25, -0.2) is 9.37 Å². The Morgan fingerprint density at radius 1 is 1.38 bits per heavy atom. The molecule has 0 amide bonds. The van der Waals surface area contributed by atoms with E-state index >= 15 is 4.39 Å². The lowest BCUT2D eigenvalue weighted by atomic mass is 9.94. The fraction of sp³-hybridized carbons (Fsp3) is 0.385. The molecule has 2 aromatic carbocycles. The number of unbranched alkanes of at least 4 members (excludes halogenated alkanes) is 1. The first kappa shape index (κ1) is 22.9. The number of aryl methyl sites for hydroxylation is 2. The molecule has 168 valence electrons. The number of aromatic nitrogens is 2. The molecule has 4 rings (SSSR count). The monoisotopic (exact) mass is 498 g/mol. The molecular formula is C26H28BrFN2O2. The Bertz CT molecular complexity index is 1150. The van der Waals surface area contributed by atoms with Crippen molar-refractivity contribution in [2.24, 2.45) is 5.92 Å². The van der Waals surface area contributed by atoms with Crippen molar-refractivity contribution < 1.29 is 13.9 Å². The summed E-state index contributed by atoms with van der Waals surface area (Å²) in [6, 6.07) is 7.70. The van der Waals surface area contributed by atoms with E-state index in [4.69, 9.17) is 4.74 Å². The van der Waals surface area contributed by atoms with E-state index in [0.29, 0.717) is 47.7 Å². The maximum atomic E-state index is 15.8. The number of nitrogens with zero attached hydrogens (tertiary/aromatic N) is 2. The van der Waals surface area contributed by atoms with Crippen LogP contribution >= 0.6 is 15.9 Å². The van der Waals surface area contributed by atoms with Gasteiger partial charge >= 0.3 is 0 Å². The molecule has 0 bridgehead atoms. The van der Waals surface area contributed by atoms with E-state index in [1.807, 2.05) is 35.8 Å². The van der Waals surface area contributed by atoms with E-state index in [2.05, 4.69) is 27.5 Å². The molecule has 0 spiro atoms. The van der Waals surface area contributed by atoms with Crippen LogP contribution in [0.15, 0.2) is 47.7 Å². The number of hydrogen-bond donors (Lipinski definition) is 0. The fourth-order valence-electron chi connectivity index (χ4n) is 3.93. The number of carbonyl (C=O) groups is 1. The lowest BCUT2D eigenvalue weighted by molar-refractivity contribution is 0.0738. The van der Waals surface area contributed by atoms with Crippen LogP contribution in [0.3, 0.4) is 0 Å². The number of allylic oxidation sites excluding steroid dienone is 1. The normalized spacial score (nSPS) is 13.6. The maximum absolute atomic E-state index is 15.8. The standard InChI is InChI=1S/C26H28BrFN2O2/c1-3-4-5-10-30-16-29-26-23(30)13-21(24(31)15-32-14-18-6-7-18)22(25(26)28)12-19-8-9-20(27)11-17(19)2/h3,8-9,11,13,16,18H,1,4-7,10,12,14-15H2,2H3. The largest absolute Gasteiger partial charge is 0.373 e. The van der Waals surface area contributed by atoms with E-state index < -0.39 is 5.82 Å². The summed E-state index contributed by atoms with van der Waals surface area (Å²) in [5.41, 5.74) is 3.75. The summed E-state index contributed by atoms with van der Waals surface area (Å²) in [5, 5.41) is 0. The van der Waals surface area contributed by atoms with Gasteiger partial charge in [-0.05, 0) is 67.9 Å². The van der Waals surface area contributed by atoms with Crippen LogP contribution in [0.5, 0.6) is 0 Å². The maximum Gasteiger partial charge on any atom is 0.188 e. The van der Waals surface area contributed by atoms with Gasteiger partial charge < -0.3 is 9.30 Å². The molecule has 1 aliphatic carbocycles. The number of imidazole rings is 1. The van der Waals surface area contributed by atoms with Gasteiger partial charge in [0.15, 0.2) is 11.6 Å². The molecule has 0 unspecified atom stereocenters. The van der Waals surface area contributed by atoms with Crippen LogP contribution in [0.1, 0.15) is 52.7 Å². The van der Waals surface area contributed by atoms with Crippen LogP contribution in [-0.2, 0) is 17.7 Å². The fourth-order valence-corrected chi connectivity index (χ4v) is 4.41. The number of carbonyl (C=O) groups excluding carboxylic acids is 1. The average Bonchev–Trinajstić information content (AvgIpc) is 3.50. The minimum absolute atomic E-state index is 0.0294. The number of fused-ring (bicyclic) bond motifs is 1. The van der Waals surface area contributed by atoms with E-state index in [0.717, 1.165) is 41.3 Å². The number of hydrogen-bond acceptors (Lipinski definition) is 3. The van der Waals surface area contributed by atoms with Crippen LogP contribution in [0, 0.1) is 18.7 Å². The highest BCUT2D eigenvalue weighted by Gasteiger charge is 2.24. The zero-order chi connectivity index (χ0) is 22.7. The molecular weight excluding hydrogens is 471 g/mol. The Kier molecular flexibility index (Phi) is 7.21. The van der Waals surface area contributed by atoms with Gasteiger partial charge in [0.25, 0.3) is 0 Å².